The Morgan fingerprint density at radius 2 is 1.97 bits per heavy atom. The first-order valence-electron chi connectivity index (χ1n) is 10.4. The van der Waals surface area contributed by atoms with Crippen molar-refractivity contribution < 1.29 is 19.1 Å². The molecule has 6 nitrogen and oxygen atoms in total. The predicted octanol–water partition coefficient (Wildman–Crippen LogP) is 4.23. The number of hydrogen-bond donors (Lipinski definition) is 1. The average molecular weight is 416 g/mol. The van der Waals surface area contributed by atoms with E-state index >= 15 is 0 Å². The van der Waals surface area contributed by atoms with Crippen molar-refractivity contribution in [2.24, 2.45) is 0 Å². The molecule has 1 N–H and O–H groups in total. The van der Waals surface area contributed by atoms with Crippen molar-refractivity contribution in [2.75, 3.05) is 18.6 Å². The number of rotatable bonds is 4. The van der Waals surface area contributed by atoms with Crippen LogP contribution in [0.1, 0.15) is 42.2 Å². The lowest BCUT2D eigenvalue weighted by Crippen LogP contribution is -2.45. The first kappa shape index (κ1) is 19.4. The van der Waals surface area contributed by atoms with Gasteiger partial charge in [0.1, 0.15) is 23.6 Å². The molecule has 2 heterocycles. The standard InChI is InChI=1S/C25H24N2O4/c1-25(2)13-19(18-12-16(30-3)10-11-21(18)31-25)26-22(28)14-27-20-9-5-7-15-6-4-8-17(23(15)20)24(27)29/h4-12,19H,13-14H2,1-3H3,(H,26,28)/t19-/m1/s1. The molecule has 2 aliphatic rings. The summed E-state index contributed by atoms with van der Waals surface area (Å²) in [6, 6.07) is 16.8. The number of nitrogens with zero attached hydrogens (tertiary/aromatic N) is 1. The summed E-state index contributed by atoms with van der Waals surface area (Å²) >= 11 is 0. The van der Waals surface area contributed by atoms with Gasteiger partial charge >= 0.3 is 0 Å². The van der Waals surface area contributed by atoms with Crippen molar-refractivity contribution >= 4 is 28.3 Å². The van der Waals surface area contributed by atoms with Gasteiger partial charge in [0, 0.05) is 22.9 Å². The van der Waals surface area contributed by atoms with Crippen LogP contribution in [0.2, 0.25) is 0 Å². The summed E-state index contributed by atoms with van der Waals surface area (Å²) in [6.07, 6.45) is 0.614. The van der Waals surface area contributed by atoms with Gasteiger partial charge in [-0.1, -0.05) is 24.3 Å². The normalized spacial score (nSPS) is 18.5. The van der Waals surface area contributed by atoms with Crippen molar-refractivity contribution in [1.29, 1.82) is 0 Å². The van der Waals surface area contributed by atoms with Gasteiger partial charge < -0.3 is 14.8 Å². The second-order valence-corrected chi connectivity index (χ2v) is 8.66. The van der Waals surface area contributed by atoms with Gasteiger partial charge in [0.25, 0.3) is 5.91 Å². The van der Waals surface area contributed by atoms with Crippen LogP contribution in [0.15, 0.2) is 54.6 Å². The number of carbonyl (C=O) groups excluding carboxylic acids is 2. The summed E-state index contributed by atoms with van der Waals surface area (Å²) < 4.78 is 11.4. The summed E-state index contributed by atoms with van der Waals surface area (Å²) in [5.41, 5.74) is 1.88. The molecule has 6 heteroatoms. The minimum Gasteiger partial charge on any atom is -0.497 e. The van der Waals surface area contributed by atoms with Gasteiger partial charge in [-0.3, -0.25) is 14.5 Å². The van der Waals surface area contributed by atoms with Crippen LogP contribution < -0.4 is 19.7 Å². The van der Waals surface area contributed by atoms with E-state index in [0.29, 0.717) is 17.7 Å². The fraction of sp³-hybridized carbons (Fsp3) is 0.280. The highest BCUT2D eigenvalue weighted by molar-refractivity contribution is 6.26. The average Bonchev–Trinajstić information content (AvgIpc) is 3.01. The molecule has 0 bridgehead atoms. The lowest BCUT2D eigenvalue weighted by Gasteiger charge is -2.38. The summed E-state index contributed by atoms with van der Waals surface area (Å²) in [6.45, 7) is 3.96. The molecule has 0 radical (unpaired) electrons. The lowest BCUT2D eigenvalue weighted by atomic mass is 9.89. The van der Waals surface area contributed by atoms with Crippen LogP contribution in [-0.4, -0.2) is 31.1 Å². The van der Waals surface area contributed by atoms with Gasteiger partial charge in [-0.15, -0.1) is 0 Å². The van der Waals surface area contributed by atoms with Crippen LogP contribution >= 0.6 is 0 Å². The minimum atomic E-state index is -0.426. The minimum absolute atomic E-state index is 0.0380. The monoisotopic (exact) mass is 416 g/mol. The summed E-state index contributed by atoms with van der Waals surface area (Å²) in [4.78, 5) is 27.6. The number of ether oxygens (including phenoxy) is 2. The second kappa shape index (κ2) is 7.01. The van der Waals surface area contributed by atoms with E-state index in [9.17, 15) is 9.59 Å². The Labute approximate surface area is 180 Å². The number of benzene rings is 3. The molecule has 2 amide bonds. The quantitative estimate of drug-likeness (QED) is 0.691. The van der Waals surface area contributed by atoms with Gasteiger partial charge in [0.05, 0.1) is 18.8 Å². The van der Waals surface area contributed by atoms with E-state index in [0.717, 1.165) is 27.8 Å². The SMILES string of the molecule is COc1ccc2c(c1)[C@H](NC(=O)CN1C(=O)c3cccc4cccc1c34)CC(C)(C)O2. The maximum atomic E-state index is 13.1. The molecular weight excluding hydrogens is 392 g/mol. The topological polar surface area (TPSA) is 67.9 Å². The van der Waals surface area contributed by atoms with Gasteiger partial charge in [0.15, 0.2) is 0 Å². The second-order valence-electron chi connectivity index (χ2n) is 8.66. The van der Waals surface area contributed by atoms with E-state index in [1.807, 2.05) is 68.4 Å². The van der Waals surface area contributed by atoms with Crippen LogP contribution in [0, 0.1) is 0 Å². The van der Waals surface area contributed by atoms with Crippen LogP contribution in [0.5, 0.6) is 11.5 Å². The Kier molecular flexibility index (Phi) is 4.39. The van der Waals surface area contributed by atoms with Crippen molar-refractivity contribution in [2.45, 2.75) is 31.9 Å². The molecule has 0 unspecified atom stereocenters. The van der Waals surface area contributed by atoms with Gasteiger partial charge in [-0.2, -0.15) is 0 Å². The number of anilines is 1. The Bertz CT molecular complexity index is 1210. The van der Waals surface area contributed by atoms with Crippen LogP contribution in [0.4, 0.5) is 5.69 Å². The van der Waals surface area contributed by atoms with E-state index in [1.54, 1.807) is 12.0 Å². The van der Waals surface area contributed by atoms with E-state index < -0.39 is 5.60 Å². The molecule has 0 saturated heterocycles. The van der Waals surface area contributed by atoms with Gasteiger partial charge in [-0.05, 0) is 49.6 Å². The Balaban J connectivity index is 1.41. The number of amides is 2. The molecule has 3 aromatic carbocycles. The molecule has 31 heavy (non-hydrogen) atoms. The van der Waals surface area contributed by atoms with Gasteiger partial charge in [-0.25, -0.2) is 0 Å². The van der Waals surface area contributed by atoms with Crippen LogP contribution in [0.25, 0.3) is 10.8 Å². The molecule has 0 aliphatic carbocycles. The number of fused-ring (bicyclic) bond motifs is 1. The van der Waals surface area contributed by atoms with E-state index in [2.05, 4.69) is 5.32 Å². The third kappa shape index (κ3) is 3.28. The van der Waals surface area contributed by atoms with Crippen LogP contribution in [0.3, 0.4) is 0 Å². The van der Waals surface area contributed by atoms with E-state index in [4.69, 9.17) is 9.47 Å². The summed E-state index contributed by atoms with van der Waals surface area (Å²) in [7, 11) is 1.61. The van der Waals surface area contributed by atoms with Crippen LogP contribution in [-0.2, 0) is 4.79 Å². The number of hydrogen-bond acceptors (Lipinski definition) is 4. The zero-order valence-electron chi connectivity index (χ0n) is 17.8. The molecule has 3 aromatic rings. The fourth-order valence-electron chi connectivity index (χ4n) is 4.61. The maximum absolute atomic E-state index is 13.1. The Hall–Kier alpha value is -3.54. The summed E-state index contributed by atoms with van der Waals surface area (Å²) in [5.74, 6) is 1.08. The molecule has 0 saturated carbocycles. The molecule has 2 aliphatic heterocycles. The van der Waals surface area contributed by atoms with Gasteiger partial charge in [0.2, 0.25) is 5.91 Å². The highest BCUT2D eigenvalue weighted by atomic mass is 16.5. The fourth-order valence-corrected chi connectivity index (χ4v) is 4.61. The smallest absolute Gasteiger partial charge is 0.259 e. The third-order valence-electron chi connectivity index (χ3n) is 5.96. The van der Waals surface area contributed by atoms with Crippen molar-refractivity contribution in [3.05, 3.63) is 65.7 Å². The molecule has 158 valence electrons. The molecule has 5 rings (SSSR count). The molecule has 0 spiro atoms. The number of carbonyl (C=O) groups is 2. The van der Waals surface area contributed by atoms with Crippen molar-refractivity contribution in [3.8, 4) is 11.5 Å². The zero-order valence-corrected chi connectivity index (χ0v) is 17.8. The molecule has 0 fully saturated rings. The first-order chi connectivity index (χ1) is 14.9. The number of nitrogens with one attached hydrogen (secondary N) is 1. The van der Waals surface area contributed by atoms with E-state index in [-0.39, 0.29) is 24.4 Å². The largest absolute Gasteiger partial charge is 0.497 e. The molecule has 1 atom stereocenters. The summed E-state index contributed by atoms with van der Waals surface area (Å²) in [5, 5.41) is 5.03. The third-order valence-corrected chi connectivity index (χ3v) is 5.96. The first-order valence-corrected chi connectivity index (χ1v) is 10.4. The highest BCUT2D eigenvalue weighted by Gasteiger charge is 2.36. The highest BCUT2D eigenvalue weighted by Crippen LogP contribution is 2.41. The zero-order chi connectivity index (χ0) is 21.8. The van der Waals surface area contributed by atoms with E-state index in [1.165, 1.54) is 0 Å². The Morgan fingerprint density at radius 3 is 2.74 bits per heavy atom. The molecule has 0 aromatic heterocycles. The lowest BCUT2D eigenvalue weighted by molar-refractivity contribution is -0.121. The predicted molar refractivity (Wildman–Crippen MR) is 119 cm³/mol. The Morgan fingerprint density at radius 1 is 1.19 bits per heavy atom. The number of methoxy groups -OCH3 is 1. The maximum Gasteiger partial charge on any atom is 0.259 e. The van der Waals surface area contributed by atoms with Crippen molar-refractivity contribution in [3.63, 3.8) is 0 Å². The van der Waals surface area contributed by atoms with Crippen molar-refractivity contribution in [1.82, 2.24) is 5.32 Å². The molecular formula is C25H24N2O4.